The first-order valence-corrected chi connectivity index (χ1v) is 5.09. The van der Waals surface area contributed by atoms with Gasteiger partial charge in [-0.05, 0) is 0 Å². The van der Waals surface area contributed by atoms with Gasteiger partial charge in [0.05, 0.1) is 13.2 Å². The smallest absolute Gasteiger partial charge is 0.383 e. The van der Waals surface area contributed by atoms with Crippen molar-refractivity contribution in [2.75, 3.05) is 46.4 Å². The Morgan fingerprint density at radius 3 is 2.56 bits per heavy atom. The Morgan fingerprint density at radius 1 is 1.38 bits per heavy atom. The summed E-state index contributed by atoms with van der Waals surface area (Å²) < 4.78 is 40.4. The zero-order valence-electron chi connectivity index (χ0n) is 9.52. The third-order valence-corrected chi connectivity index (χ3v) is 1.93. The van der Waals surface area contributed by atoms with Crippen LogP contribution in [0.2, 0.25) is 0 Å². The Hall–Kier alpha value is -0.590. The van der Waals surface area contributed by atoms with E-state index in [9.17, 15) is 13.2 Å². The van der Waals surface area contributed by atoms with Crippen molar-refractivity contribution in [1.29, 1.82) is 0 Å². The van der Waals surface area contributed by atoms with Crippen LogP contribution in [-0.2, 0) is 4.74 Å². The molecule has 0 spiro atoms. The molecule has 96 valence electrons. The number of nitrogens with zero attached hydrogens (tertiary/aromatic N) is 1. The van der Waals surface area contributed by atoms with Gasteiger partial charge < -0.3 is 10.1 Å². The number of methoxy groups -OCH3 is 1. The lowest BCUT2D eigenvalue weighted by atomic mass is 10.4. The van der Waals surface area contributed by atoms with Gasteiger partial charge in [-0.15, -0.1) is 6.58 Å². The summed E-state index contributed by atoms with van der Waals surface area (Å²) >= 11 is 0. The molecule has 0 atom stereocenters. The number of alkyl halides is 3. The Balaban J connectivity index is 3.62. The molecule has 3 nitrogen and oxygen atoms in total. The first-order valence-electron chi connectivity index (χ1n) is 5.09. The lowest BCUT2D eigenvalue weighted by molar-refractivity contribution is -0.124. The van der Waals surface area contributed by atoms with Gasteiger partial charge in [0.25, 0.3) is 0 Å². The van der Waals surface area contributed by atoms with E-state index in [-0.39, 0.29) is 0 Å². The van der Waals surface area contributed by atoms with Gasteiger partial charge in [-0.2, -0.15) is 13.2 Å². The third-order valence-electron chi connectivity index (χ3n) is 1.93. The minimum absolute atomic E-state index is 0.303. The highest BCUT2D eigenvalue weighted by Crippen LogP contribution is 2.11. The number of halogens is 3. The van der Waals surface area contributed by atoms with Crippen molar-refractivity contribution in [1.82, 2.24) is 10.2 Å². The Kier molecular flexibility index (Phi) is 8.23. The molecule has 0 saturated heterocycles. The predicted molar refractivity (Wildman–Crippen MR) is 57.4 cm³/mol. The molecule has 0 heterocycles. The van der Waals surface area contributed by atoms with Crippen LogP contribution in [0.15, 0.2) is 12.7 Å². The lowest BCUT2D eigenvalue weighted by Gasteiger charge is -2.20. The molecule has 0 saturated carbocycles. The summed E-state index contributed by atoms with van der Waals surface area (Å²) in [5.74, 6) is 0. The van der Waals surface area contributed by atoms with Crippen LogP contribution in [0, 0.1) is 0 Å². The second-order valence-corrected chi connectivity index (χ2v) is 3.37. The van der Waals surface area contributed by atoms with Crippen molar-refractivity contribution in [3.05, 3.63) is 12.7 Å². The molecule has 0 radical (unpaired) electrons. The second-order valence-electron chi connectivity index (χ2n) is 3.37. The number of hydrogen-bond acceptors (Lipinski definition) is 3. The van der Waals surface area contributed by atoms with Crippen LogP contribution in [0.1, 0.15) is 0 Å². The van der Waals surface area contributed by atoms with Crippen molar-refractivity contribution in [3.8, 4) is 0 Å². The molecular weight excluding hydrogens is 221 g/mol. The maximum atomic E-state index is 11.8. The van der Waals surface area contributed by atoms with Crippen LogP contribution >= 0.6 is 0 Å². The summed E-state index contributed by atoms with van der Waals surface area (Å²) in [7, 11) is 1.59. The molecule has 0 rings (SSSR count). The van der Waals surface area contributed by atoms with Gasteiger partial charge in [0, 0.05) is 33.3 Å². The summed E-state index contributed by atoms with van der Waals surface area (Å²) in [5.41, 5.74) is 0. The summed E-state index contributed by atoms with van der Waals surface area (Å²) in [6.45, 7) is 5.40. The molecule has 0 bridgehead atoms. The van der Waals surface area contributed by atoms with Crippen LogP contribution in [0.4, 0.5) is 13.2 Å². The maximum absolute atomic E-state index is 11.8. The zero-order chi connectivity index (χ0) is 12.4. The Labute approximate surface area is 94.3 Å². The zero-order valence-corrected chi connectivity index (χ0v) is 9.52. The number of ether oxygens (including phenoxy) is 1. The van der Waals surface area contributed by atoms with Crippen LogP contribution in [0.25, 0.3) is 0 Å². The van der Waals surface area contributed by atoms with Gasteiger partial charge in [-0.3, -0.25) is 4.90 Å². The summed E-state index contributed by atoms with van der Waals surface area (Å²) in [6.07, 6.45) is -2.42. The third kappa shape index (κ3) is 9.95. The fourth-order valence-corrected chi connectivity index (χ4v) is 1.16. The van der Waals surface area contributed by atoms with E-state index in [1.54, 1.807) is 13.2 Å². The molecule has 6 heteroatoms. The van der Waals surface area contributed by atoms with Crippen LogP contribution in [0.5, 0.6) is 0 Å². The number of rotatable bonds is 9. The van der Waals surface area contributed by atoms with Crippen molar-refractivity contribution in [2.24, 2.45) is 0 Å². The largest absolute Gasteiger partial charge is 0.401 e. The molecule has 0 aliphatic rings. The molecule has 0 fully saturated rings. The lowest BCUT2D eigenvalue weighted by Crippen LogP contribution is -2.37. The molecule has 0 aliphatic heterocycles. The minimum Gasteiger partial charge on any atom is -0.383 e. The van der Waals surface area contributed by atoms with Gasteiger partial charge >= 0.3 is 6.18 Å². The van der Waals surface area contributed by atoms with E-state index in [1.165, 1.54) is 0 Å². The van der Waals surface area contributed by atoms with Gasteiger partial charge in [-0.1, -0.05) is 6.08 Å². The summed E-state index contributed by atoms with van der Waals surface area (Å²) in [4.78, 5) is 1.97. The quantitative estimate of drug-likeness (QED) is 0.485. The van der Waals surface area contributed by atoms with Gasteiger partial charge in [-0.25, -0.2) is 0 Å². The van der Waals surface area contributed by atoms with Gasteiger partial charge in [0.1, 0.15) is 0 Å². The topological polar surface area (TPSA) is 24.5 Å². The van der Waals surface area contributed by atoms with Crippen molar-refractivity contribution >= 4 is 0 Å². The molecule has 0 aliphatic carbocycles. The molecule has 0 amide bonds. The normalized spacial score (nSPS) is 12.1. The average molecular weight is 240 g/mol. The SMILES string of the molecule is C=CCN(CCNCC(F)(F)F)CCOC. The van der Waals surface area contributed by atoms with Crippen LogP contribution in [-0.4, -0.2) is 57.5 Å². The molecule has 0 aromatic carbocycles. The van der Waals surface area contributed by atoms with Gasteiger partial charge in [0.15, 0.2) is 0 Å². The van der Waals surface area contributed by atoms with Gasteiger partial charge in [0.2, 0.25) is 0 Å². The average Bonchev–Trinajstić information content (AvgIpc) is 2.19. The second kappa shape index (κ2) is 8.55. The molecular formula is C10H19F3N2O. The first-order chi connectivity index (χ1) is 7.49. The van der Waals surface area contributed by atoms with E-state index in [0.717, 1.165) is 0 Å². The van der Waals surface area contributed by atoms with Crippen LogP contribution < -0.4 is 5.32 Å². The summed E-state index contributed by atoms with van der Waals surface area (Å²) in [6, 6.07) is 0. The van der Waals surface area contributed by atoms with Crippen molar-refractivity contribution in [2.45, 2.75) is 6.18 Å². The fraction of sp³-hybridized carbons (Fsp3) is 0.800. The molecule has 16 heavy (non-hydrogen) atoms. The van der Waals surface area contributed by atoms with E-state index in [0.29, 0.717) is 32.8 Å². The fourth-order valence-electron chi connectivity index (χ4n) is 1.16. The first kappa shape index (κ1) is 15.4. The van der Waals surface area contributed by atoms with Crippen LogP contribution in [0.3, 0.4) is 0 Å². The maximum Gasteiger partial charge on any atom is 0.401 e. The highest BCUT2D eigenvalue weighted by molar-refractivity contribution is 4.74. The monoisotopic (exact) mass is 240 g/mol. The molecule has 0 aromatic heterocycles. The van der Waals surface area contributed by atoms with E-state index in [2.05, 4.69) is 11.9 Å². The highest BCUT2D eigenvalue weighted by Gasteiger charge is 2.25. The van der Waals surface area contributed by atoms with E-state index < -0.39 is 12.7 Å². The molecule has 0 aromatic rings. The molecule has 1 N–H and O–H groups in total. The van der Waals surface area contributed by atoms with E-state index >= 15 is 0 Å². The number of nitrogens with one attached hydrogen (secondary N) is 1. The van der Waals surface area contributed by atoms with E-state index in [4.69, 9.17) is 4.74 Å². The number of hydrogen-bond donors (Lipinski definition) is 1. The Morgan fingerprint density at radius 2 is 2.06 bits per heavy atom. The minimum atomic E-state index is -4.14. The molecule has 0 unspecified atom stereocenters. The van der Waals surface area contributed by atoms with Crippen molar-refractivity contribution < 1.29 is 17.9 Å². The summed E-state index contributed by atoms with van der Waals surface area (Å²) in [5, 5.41) is 2.35. The predicted octanol–water partition coefficient (Wildman–Crippen LogP) is 1.27. The standard InChI is InChI=1S/C10H19F3N2O/c1-3-5-15(7-8-16-2)6-4-14-9-10(11,12)13/h3,14H,1,4-9H2,2H3. The Bertz CT molecular complexity index is 185. The van der Waals surface area contributed by atoms with Crippen molar-refractivity contribution in [3.63, 3.8) is 0 Å². The van der Waals surface area contributed by atoms with E-state index in [1.807, 2.05) is 4.90 Å². The highest BCUT2D eigenvalue weighted by atomic mass is 19.4.